The highest BCUT2D eigenvalue weighted by Crippen LogP contribution is 2.14. The summed E-state index contributed by atoms with van der Waals surface area (Å²) in [4.78, 5) is 22.7. The Hall–Kier alpha value is -1.84. The summed E-state index contributed by atoms with van der Waals surface area (Å²) in [6.07, 6.45) is 0.515. The largest absolute Gasteiger partial charge is 0.469 e. The van der Waals surface area contributed by atoms with Crippen molar-refractivity contribution in [3.63, 3.8) is 0 Å². The fourth-order valence-corrected chi connectivity index (χ4v) is 1.59. The zero-order valence-corrected chi connectivity index (χ0v) is 10.0. The molecular formula is C13H16O4. The minimum absolute atomic E-state index is 0.0397. The third kappa shape index (κ3) is 4.26. The molecule has 0 spiro atoms. The van der Waals surface area contributed by atoms with E-state index in [0.717, 1.165) is 5.56 Å². The number of hydrogen-bond donors (Lipinski definition) is 0. The van der Waals surface area contributed by atoms with Crippen LogP contribution in [0.25, 0.3) is 0 Å². The summed E-state index contributed by atoms with van der Waals surface area (Å²) < 4.78 is 9.25. The molecule has 4 nitrogen and oxygen atoms in total. The van der Waals surface area contributed by atoms with Crippen molar-refractivity contribution in [3.8, 4) is 0 Å². The van der Waals surface area contributed by atoms with Gasteiger partial charge in [-0.2, -0.15) is 0 Å². The number of carbonyl (C=O) groups excluding carboxylic acids is 2. The molecule has 0 fully saturated rings. The van der Waals surface area contributed by atoms with Gasteiger partial charge in [-0.3, -0.25) is 9.59 Å². The molecule has 0 aliphatic carbocycles. The van der Waals surface area contributed by atoms with Gasteiger partial charge < -0.3 is 9.47 Å². The van der Waals surface area contributed by atoms with Crippen LogP contribution in [0.2, 0.25) is 0 Å². The molecule has 0 saturated heterocycles. The topological polar surface area (TPSA) is 52.6 Å². The van der Waals surface area contributed by atoms with Gasteiger partial charge in [0, 0.05) is 0 Å². The quantitative estimate of drug-likeness (QED) is 0.728. The van der Waals surface area contributed by atoms with Gasteiger partial charge in [0.25, 0.3) is 0 Å². The second-order valence-electron chi connectivity index (χ2n) is 3.69. The molecule has 4 heteroatoms. The average Bonchev–Trinajstić information content (AvgIpc) is 2.38. The normalized spacial score (nSPS) is 11.6. The van der Waals surface area contributed by atoms with Crippen molar-refractivity contribution in [2.24, 2.45) is 5.92 Å². The van der Waals surface area contributed by atoms with Crippen LogP contribution in [0.1, 0.15) is 12.0 Å². The van der Waals surface area contributed by atoms with Crippen molar-refractivity contribution in [2.45, 2.75) is 12.8 Å². The van der Waals surface area contributed by atoms with Gasteiger partial charge in [0.2, 0.25) is 0 Å². The van der Waals surface area contributed by atoms with Gasteiger partial charge in [0.15, 0.2) is 0 Å². The molecule has 0 radical (unpaired) electrons. The number of carbonyl (C=O) groups is 2. The molecule has 1 atom stereocenters. The monoisotopic (exact) mass is 236 g/mol. The molecule has 1 aromatic carbocycles. The Bertz CT molecular complexity index is 372. The average molecular weight is 236 g/mol. The van der Waals surface area contributed by atoms with Crippen LogP contribution in [0, 0.1) is 5.92 Å². The zero-order chi connectivity index (χ0) is 12.7. The number of rotatable bonds is 5. The molecule has 0 saturated carbocycles. The zero-order valence-electron chi connectivity index (χ0n) is 10.0. The van der Waals surface area contributed by atoms with E-state index in [1.807, 2.05) is 30.3 Å². The van der Waals surface area contributed by atoms with E-state index in [-0.39, 0.29) is 12.4 Å². The van der Waals surface area contributed by atoms with E-state index in [4.69, 9.17) is 0 Å². The van der Waals surface area contributed by atoms with Crippen LogP contribution >= 0.6 is 0 Å². The van der Waals surface area contributed by atoms with Gasteiger partial charge in [0.05, 0.1) is 26.6 Å². The van der Waals surface area contributed by atoms with E-state index in [0.29, 0.717) is 6.42 Å². The first-order valence-electron chi connectivity index (χ1n) is 5.36. The number of ether oxygens (including phenoxy) is 2. The summed E-state index contributed by atoms with van der Waals surface area (Å²) >= 11 is 0. The molecule has 0 aliphatic heterocycles. The summed E-state index contributed by atoms with van der Waals surface area (Å²) in [6.45, 7) is 0. The standard InChI is InChI=1S/C13H16O4/c1-16-12(14)9-11(13(15)17-2)8-10-6-4-3-5-7-10/h3-7,11H,8-9H2,1-2H3/t11-/m0/s1. The third-order valence-corrected chi connectivity index (χ3v) is 2.50. The molecule has 0 aliphatic rings. The SMILES string of the molecule is COC(=O)C[C@H](Cc1ccccc1)C(=O)OC. The van der Waals surface area contributed by atoms with Crippen LogP contribution in [-0.4, -0.2) is 26.2 Å². The van der Waals surface area contributed by atoms with E-state index >= 15 is 0 Å². The van der Waals surface area contributed by atoms with Gasteiger partial charge in [-0.25, -0.2) is 0 Å². The lowest BCUT2D eigenvalue weighted by atomic mass is 9.96. The van der Waals surface area contributed by atoms with Crippen LogP contribution in [0.3, 0.4) is 0 Å². The predicted molar refractivity (Wildman–Crippen MR) is 62.3 cm³/mol. The maximum Gasteiger partial charge on any atom is 0.309 e. The summed E-state index contributed by atoms with van der Waals surface area (Å²) in [5, 5.41) is 0. The molecule has 0 heterocycles. The van der Waals surface area contributed by atoms with E-state index in [9.17, 15) is 9.59 Å². The molecule has 0 unspecified atom stereocenters. The maximum absolute atomic E-state index is 11.5. The Morgan fingerprint density at radius 1 is 1.12 bits per heavy atom. The van der Waals surface area contributed by atoms with Gasteiger partial charge >= 0.3 is 11.9 Å². The molecule has 0 aromatic heterocycles. The molecule has 0 N–H and O–H groups in total. The summed E-state index contributed by atoms with van der Waals surface area (Å²) in [7, 11) is 2.62. The first kappa shape index (κ1) is 13.2. The van der Waals surface area contributed by atoms with Crippen LogP contribution < -0.4 is 0 Å². The van der Waals surface area contributed by atoms with Crippen molar-refractivity contribution >= 4 is 11.9 Å². The third-order valence-electron chi connectivity index (χ3n) is 2.50. The van der Waals surface area contributed by atoms with Gasteiger partial charge in [-0.1, -0.05) is 30.3 Å². The summed E-state index contributed by atoms with van der Waals surface area (Å²) in [5.41, 5.74) is 0.992. The van der Waals surface area contributed by atoms with Crippen LogP contribution in [0.15, 0.2) is 30.3 Å². The van der Waals surface area contributed by atoms with Crippen molar-refractivity contribution in [1.29, 1.82) is 0 Å². The number of methoxy groups -OCH3 is 2. The lowest BCUT2D eigenvalue weighted by Gasteiger charge is -2.13. The van der Waals surface area contributed by atoms with Gasteiger partial charge in [0.1, 0.15) is 0 Å². The molecule has 17 heavy (non-hydrogen) atoms. The van der Waals surface area contributed by atoms with E-state index < -0.39 is 11.9 Å². The molecule has 0 bridgehead atoms. The Morgan fingerprint density at radius 2 is 1.76 bits per heavy atom. The second-order valence-corrected chi connectivity index (χ2v) is 3.69. The first-order chi connectivity index (χ1) is 8.17. The molecule has 1 aromatic rings. The number of hydrogen-bond acceptors (Lipinski definition) is 4. The van der Waals surface area contributed by atoms with E-state index in [1.54, 1.807) is 0 Å². The Morgan fingerprint density at radius 3 is 2.29 bits per heavy atom. The highest BCUT2D eigenvalue weighted by atomic mass is 16.5. The molecule has 92 valence electrons. The van der Waals surface area contributed by atoms with Crippen LogP contribution in [0.5, 0.6) is 0 Å². The van der Waals surface area contributed by atoms with Crippen LogP contribution in [-0.2, 0) is 25.5 Å². The Kier molecular flexibility index (Phi) is 5.20. The highest BCUT2D eigenvalue weighted by molar-refractivity contribution is 5.80. The second kappa shape index (κ2) is 6.68. The number of esters is 2. The van der Waals surface area contributed by atoms with Crippen LogP contribution in [0.4, 0.5) is 0 Å². The van der Waals surface area contributed by atoms with Crippen molar-refractivity contribution in [3.05, 3.63) is 35.9 Å². The lowest BCUT2D eigenvalue weighted by Crippen LogP contribution is -2.22. The maximum atomic E-state index is 11.5. The van der Waals surface area contributed by atoms with E-state index in [2.05, 4.69) is 9.47 Å². The minimum Gasteiger partial charge on any atom is -0.469 e. The lowest BCUT2D eigenvalue weighted by molar-refractivity contribution is -0.151. The predicted octanol–water partition coefficient (Wildman–Crippen LogP) is 1.58. The molecular weight excluding hydrogens is 220 g/mol. The van der Waals surface area contributed by atoms with E-state index in [1.165, 1.54) is 14.2 Å². The first-order valence-corrected chi connectivity index (χ1v) is 5.36. The molecule has 1 rings (SSSR count). The Balaban J connectivity index is 2.70. The van der Waals surface area contributed by atoms with Gasteiger partial charge in [-0.05, 0) is 12.0 Å². The minimum atomic E-state index is -0.491. The van der Waals surface area contributed by atoms with Gasteiger partial charge in [-0.15, -0.1) is 0 Å². The van der Waals surface area contributed by atoms with Crippen molar-refractivity contribution < 1.29 is 19.1 Å². The highest BCUT2D eigenvalue weighted by Gasteiger charge is 2.23. The fourth-order valence-electron chi connectivity index (χ4n) is 1.59. The summed E-state index contributed by atoms with van der Waals surface area (Å²) in [6, 6.07) is 9.50. The smallest absolute Gasteiger partial charge is 0.309 e. The molecule has 0 amide bonds. The van der Waals surface area contributed by atoms with Crippen molar-refractivity contribution in [2.75, 3.05) is 14.2 Å². The van der Waals surface area contributed by atoms with Crippen molar-refractivity contribution in [1.82, 2.24) is 0 Å². The Labute approximate surface area is 101 Å². The number of benzene rings is 1. The fraction of sp³-hybridized carbons (Fsp3) is 0.385. The summed E-state index contributed by atoms with van der Waals surface area (Å²) in [5.74, 6) is -1.29.